The van der Waals surface area contributed by atoms with E-state index in [2.05, 4.69) is 16.5 Å². The molecule has 5 nitrogen and oxygen atoms in total. The Bertz CT molecular complexity index is 536. The highest BCUT2D eigenvalue weighted by atomic mass is 32.2. The van der Waals surface area contributed by atoms with Crippen molar-refractivity contribution in [2.24, 2.45) is 11.7 Å². The van der Waals surface area contributed by atoms with Gasteiger partial charge in [0, 0.05) is 18.0 Å². The van der Waals surface area contributed by atoms with E-state index in [-0.39, 0.29) is 0 Å². The summed E-state index contributed by atoms with van der Waals surface area (Å²) in [7, 11) is -3.38. The maximum Gasteiger partial charge on any atom is 0.250 e. The van der Waals surface area contributed by atoms with Crippen LogP contribution in [0.3, 0.4) is 0 Å². The summed E-state index contributed by atoms with van der Waals surface area (Å²) in [6.07, 6.45) is 3.25. The van der Waals surface area contributed by atoms with Crippen molar-refractivity contribution in [3.8, 4) is 0 Å². The van der Waals surface area contributed by atoms with Gasteiger partial charge in [-0.2, -0.15) is 0 Å². The van der Waals surface area contributed by atoms with Crippen molar-refractivity contribution in [2.45, 2.75) is 30.4 Å². The molecule has 2 heterocycles. The van der Waals surface area contributed by atoms with Crippen LogP contribution in [0.4, 0.5) is 0 Å². The van der Waals surface area contributed by atoms with E-state index >= 15 is 0 Å². The van der Waals surface area contributed by atoms with Gasteiger partial charge in [-0.1, -0.05) is 6.92 Å². The second-order valence-corrected chi connectivity index (χ2v) is 8.89. The smallest absolute Gasteiger partial charge is 0.250 e. The molecule has 0 bridgehead atoms. The minimum Gasteiger partial charge on any atom is -0.330 e. The Labute approximate surface area is 131 Å². The Morgan fingerprint density at radius 1 is 1.38 bits per heavy atom. The van der Waals surface area contributed by atoms with E-state index in [0.29, 0.717) is 23.2 Å². The van der Waals surface area contributed by atoms with E-state index in [1.165, 1.54) is 24.2 Å². The van der Waals surface area contributed by atoms with Crippen LogP contribution >= 0.6 is 11.3 Å². The minimum absolute atomic E-state index is 0.321. The van der Waals surface area contributed by atoms with E-state index in [0.717, 1.165) is 30.9 Å². The molecular weight excluding hydrogens is 306 g/mol. The highest BCUT2D eigenvalue weighted by Crippen LogP contribution is 2.21. The second kappa shape index (κ2) is 7.69. The average molecular weight is 332 g/mol. The Balaban J connectivity index is 1.84. The quantitative estimate of drug-likeness (QED) is 0.752. The van der Waals surface area contributed by atoms with Crippen molar-refractivity contribution in [2.75, 3.05) is 32.7 Å². The predicted molar refractivity (Wildman–Crippen MR) is 87.1 cm³/mol. The van der Waals surface area contributed by atoms with Crippen molar-refractivity contribution in [1.29, 1.82) is 0 Å². The lowest BCUT2D eigenvalue weighted by Gasteiger charge is -2.20. The summed E-state index contributed by atoms with van der Waals surface area (Å²) in [5, 5.41) is 0. The van der Waals surface area contributed by atoms with Crippen LogP contribution in [0.25, 0.3) is 0 Å². The number of nitrogens with two attached hydrogens (primary N) is 1. The van der Waals surface area contributed by atoms with Gasteiger partial charge in [-0.15, -0.1) is 11.3 Å². The van der Waals surface area contributed by atoms with Gasteiger partial charge in [0.1, 0.15) is 4.21 Å². The molecule has 1 unspecified atom stereocenters. The lowest BCUT2D eigenvalue weighted by molar-refractivity contribution is 0.288. The SMILES string of the molecule is CC(CNS(=O)(=O)c1ccc(CCN)s1)CN1CCCC1. The Hall–Kier alpha value is -0.470. The first-order valence-electron chi connectivity index (χ1n) is 7.52. The summed E-state index contributed by atoms with van der Waals surface area (Å²) in [6.45, 7) is 6.37. The van der Waals surface area contributed by atoms with Gasteiger partial charge in [0.05, 0.1) is 0 Å². The van der Waals surface area contributed by atoms with E-state index in [1.807, 2.05) is 6.07 Å². The maximum absolute atomic E-state index is 12.2. The molecule has 1 aliphatic rings. The molecule has 1 fully saturated rings. The Morgan fingerprint density at radius 3 is 2.76 bits per heavy atom. The van der Waals surface area contributed by atoms with Gasteiger partial charge in [0.2, 0.25) is 10.0 Å². The van der Waals surface area contributed by atoms with E-state index in [1.54, 1.807) is 6.07 Å². The van der Waals surface area contributed by atoms with Gasteiger partial charge in [-0.05, 0) is 56.9 Å². The van der Waals surface area contributed by atoms with Gasteiger partial charge in [0.25, 0.3) is 0 Å². The number of nitrogens with one attached hydrogen (secondary N) is 1. The normalized spacial score (nSPS) is 18.2. The molecular formula is C14H25N3O2S2. The molecule has 120 valence electrons. The van der Waals surface area contributed by atoms with E-state index < -0.39 is 10.0 Å². The Kier molecular flexibility index (Phi) is 6.19. The largest absolute Gasteiger partial charge is 0.330 e. The van der Waals surface area contributed by atoms with Gasteiger partial charge in [-0.25, -0.2) is 13.1 Å². The molecule has 1 atom stereocenters. The van der Waals surface area contributed by atoms with Crippen molar-refractivity contribution in [1.82, 2.24) is 9.62 Å². The Morgan fingerprint density at radius 2 is 2.10 bits per heavy atom. The molecule has 0 amide bonds. The minimum atomic E-state index is -3.38. The van der Waals surface area contributed by atoms with Crippen LogP contribution in [-0.2, 0) is 16.4 Å². The molecule has 0 radical (unpaired) electrons. The number of nitrogens with zero attached hydrogens (tertiary/aromatic N) is 1. The van der Waals surface area contributed by atoms with Gasteiger partial charge in [-0.3, -0.25) is 0 Å². The van der Waals surface area contributed by atoms with Gasteiger partial charge in [0.15, 0.2) is 0 Å². The molecule has 2 rings (SSSR count). The highest BCUT2D eigenvalue weighted by molar-refractivity contribution is 7.91. The lowest BCUT2D eigenvalue weighted by atomic mass is 10.2. The van der Waals surface area contributed by atoms with Crippen molar-refractivity contribution >= 4 is 21.4 Å². The van der Waals surface area contributed by atoms with Crippen LogP contribution in [0.15, 0.2) is 16.3 Å². The number of likely N-dealkylation sites (tertiary alicyclic amines) is 1. The summed E-state index contributed by atoms with van der Waals surface area (Å²) >= 11 is 1.31. The van der Waals surface area contributed by atoms with E-state index in [4.69, 9.17) is 5.73 Å². The number of rotatable bonds is 8. The molecule has 21 heavy (non-hydrogen) atoms. The summed E-state index contributed by atoms with van der Waals surface area (Å²) in [5.41, 5.74) is 5.49. The number of hydrogen-bond acceptors (Lipinski definition) is 5. The van der Waals surface area contributed by atoms with Crippen LogP contribution in [-0.4, -0.2) is 46.0 Å². The molecule has 0 aliphatic carbocycles. The van der Waals surface area contributed by atoms with Gasteiger partial charge < -0.3 is 10.6 Å². The fraction of sp³-hybridized carbons (Fsp3) is 0.714. The highest BCUT2D eigenvalue weighted by Gasteiger charge is 2.19. The molecule has 1 aromatic heterocycles. The molecule has 0 aromatic carbocycles. The number of thiophene rings is 1. The maximum atomic E-state index is 12.2. The zero-order valence-electron chi connectivity index (χ0n) is 12.5. The van der Waals surface area contributed by atoms with E-state index in [9.17, 15) is 8.42 Å². The van der Waals surface area contributed by atoms with Crippen molar-refractivity contribution in [3.05, 3.63) is 17.0 Å². The molecule has 3 N–H and O–H groups in total. The van der Waals surface area contributed by atoms with Crippen LogP contribution in [0, 0.1) is 5.92 Å². The topological polar surface area (TPSA) is 75.4 Å². The zero-order valence-corrected chi connectivity index (χ0v) is 14.2. The molecule has 1 aromatic rings. The third-order valence-corrected chi connectivity index (χ3v) is 6.74. The average Bonchev–Trinajstić information content (AvgIpc) is 3.09. The van der Waals surface area contributed by atoms with Crippen LogP contribution in [0.2, 0.25) is 0 Å². The van der Waals surface area contributed by atoms with Crippen LogP contribution in [0.5, 0.6) is 0 Å². The van der Waals surface area contributed by atoms with Crippen molar-refractivity contribution < 1.29 is 8.42 Å². The number of sulfonamides is 1. The van der Waals surface area contributed by atoms with Crippen LogP contribution < -0.4 is 10.5 Å². The fourth-order valence-electron chi connectivity index (χ4n) is 2.57. The molecule has 1 aliphatic heterocycles. The summed E-state index contributed by atoms with van der Waals surface area (Å²) in [4.78, 5) is 3.42. The molecule has 7 heteroatoms. The van der Waals surface area contributed by atoms with Crippen LogP contribution in [0.1, 0.15) is 24.6 Å². The first kappa shape index (κ1) is 16.9. The fourth-order valence-corrected chi connectivity index (χ4v) is 5.15. The third kappa shape index (κ3) is 5.03. The van der Waals surface area contributed by atoms with Crippen molar-refractivity contribution in [3.63, 3.8) is 0 Å². The first-order chi connectivity index (χ1) is 10.0. The summed E-state index contributed by atoms with van der Waals surface area (Å²) in [5.74, 6) is 0.321. The monoisotopic (exact) mass is 331 g/mol. The predicted octanol–water partition coefficient (Wildman–Crippen LogP) is 1.26. The zero-order chi connectivity index (χ0) is 15.3. The first-order valence-corrected chi connectivity index (χ1v) is 9.82. The number of hydrogen-bond donors (Lipinski definition) is 2. The van der Waals surface area contributed by atoms with Gasteiger partial charge >= 0.3 is 0 Å². The third-order valence-electron chi connectivity index (χ3n) is 3.68. The summed E-state index contributed by atoms with van der Waals surface area (Å²) < 4.78 is 27.6. The second-order valence-electron chi connectivity index (χ2n) is 5.72. The standard InChI is InChI=1S/C14H25N3O2S2/c1-12(11-17-8-2-3-9-17)10-16-21(18,19)14-5-4-13(20-14)6-7-15/h4-5,12,16H,2-3,6-11,15H2,1H3. The summed E-state index contributed by atoms with van der Waals surface area (Å²) in [6, 6.07) is 3.52. The molecule has 0 spiro atoms. The lowest BCUT2D eigenvalue weighted by Crippen LogP contribution is -2.34. The molecule has 1 saturated heterocycles. The molecule has 0 saturated carbocycles.